The average Bonchev–Trinajstić information content (AvgIpc) is 3.12. The van der Waals surface area contributed by atoms with E-state index in [1.165, 1.54) is 0 Å². The monoisotopic (exact) mass is 360 g/mol. The first-order valence-electron chi connectivity index (χ1n) is 8.72. The number of guanidine groups is 1. The molecule has 0 amide bonds. The minimum atomic E-state index is -0.0280. The summed E-state index contributed by atoms with van der Waals surface area (Å²) in [5, 5.41) is 10.5. The molecule has 0 saturated carbocycles. The molecular weight excluding hydrogens is 332 g/mol. The highest BCUT2D eigenvalue weighted by atomic mass is 16.5. The first kappa shape index (κ1) is 19.6. The van der Waals surface area contributed by atoms with Crippen molar-refractivity contribution in [3.63, 3.8) is 0 Å². The van der Waals surface area contributed by atoms with Crippen molar-refractivity contribution in [2.75, 3.05) is 20.7 Å². The van der Waals surface area contributed by atoms with Gasteiger partial charge in [0.1, 0.15) is 17.6 Å². The fraction of sp³-hybridized carbons (Fsp3) is 0.474. The highest BCUT2D eigenvalue weighted by molar-refractivity contribution is 5.79. The van der Waals surface area contributed by atoms with E-state index in [0.717, 1.165) is 23.0 Å². The van der Waals surface area contributed by atoms with Gasteiger partial charge in [0.15, 0.2) is 11.7 Å². The smallest absolute Gasteiger partial charge is 0.191 e. The van der Waals surface area contributed by atoms with Gasteiger partial charge in [0.05, 0.1) is 25.9 Å². The van der Waals surface area contributed by atoms with Gasteiger partial charge in [-0.15, -0.1) is 0 Å². The predicted octanol–water partition coefficient (Wildman–Crippen LogP) is 2.94. The number of nitrogens with zero attached hydrogens (tertiary/aromatic N) is 2. The van der Waals surface area contributed by atoms with Gasteiger partial charge >= 0.3 is 0 Å². The van der Waals surface area contributed by atoms with E-state index in [1.54, 1.807) is 14.2 Å². The summed E-state index contributed by atoms with van der Waals surface area (Å²) in [5.74, 6) is 3.41. The van der Waals surface area contributed by atoms with E-state index < -0.39 is 0 Å². The molecule has 2 aromatic rings. The summed E-state index contributed by atoms with van der Waals surface area (Å²) in [5.41, 5.74) is 0.950. The maximum atomic E-state index is 5.87. The summed E-state index contributed by atoms with van der Waals surface area (Å²) >= 11 is 0. The van der Waals surface area contributed by atoms with Crippen molar-refractivity contribution in [2.24, 2.45) is 4.99 Å². The zero-order valence-electron chi connectivity index (χ0n) is 16.1. The van der Waals surface area contributed by atoms with Crippen LogP contribution in [0.4, 0.5) is 0 Å². The van der Waals surface area contributed by atoms with Crippen LogP contribution in [0.3, 0.4) is 0 Å². The Morgan fingerprint density at radius 1 is 1.15 bits per heavy atom. The van der Waals surface area contributed by atoms with Crippen molar-refractivity contribution in [1.29, 1.82) is 0 Å². The Hall–Kier alpha value is -2.70. The van der Waals surface area contributed by atoms with Gasteiger partial charge in [0.25, 0.3) is 0 Å². The lowest BCUT2D eigenvalue weighted by molar-refractivity contribution is 0.223. The Kier molecular flexibility index (Phi) is 7.32. The first-order chi connectivity index (χ1) is 12.5. The molecule has 26 heavy (non-hydrogen) atoms. The fourth-order valence-corrected chi connectivity index (χ4v) is 2.24. The second-order valence-corrected chi connectivity index (χ2v) is 6.28. The molecule has 2 N–H and O–H groups in total. The molecule has 0 radical (unpaired) electrons. The van der Waals surface area contributed by atoms with Crippen LogP contribution in [0.15, 0.2) is 39.8 Å². The maximum absolute atomic E-state index is 5.87. The number of ether oxygens (including phenoxy) is 2. The molecule has 0 fully saturated rings. The summed E-state index contributed by atoms with van der Waals surface area (Å²) in [4.78, 5) is 4.21. The number of nitrogens with one attached hydrogen (secondary N) is 2. The van der Waals surface area contributed by atoms with Crippen molar-refractivity contribution in [3.05, 3.63) is 41.8 Å². The normalized spacial score (nSPS) is 12.8. The van der Waals surface area contributed by atoms with Crippen LogP contribution in [0, 0.1) is 0 Å². The van der Waals surface area contributed by atoms with Crippen molar-refractivity contribution < 1.29 is 14.0 Å². The van der Waals surface area contributed by atoms with Gasteiger partial charge in [-0.1, -0.05) is 19.0 Å². The second-order valence-electron chi connectivity index (χ2n) is 6.28. The zero-order valence-corrected chi connectivity index (χ0v) is 16.1. The molecule has 1 aromatic heterocycles. The summed E-state index contributed by atoms with van der Waals surface area (Å²) in [6.45, 7) is 7.29. The Balaban J connectivity index is 1.76. The molecule has 0 aliphatic carbocycles. The van der Waals surface area contributed by atoms with Crippen molar-refractivity contribution >= 4 is 5.96 Å². The lowest BCUT2D eigenvalue weighted by Gasteiger charge is -2.17. The standard InChI is InChI=1S/C19H28N4O3/c1-13(2)18-10-17(26-23-18)12-22-19(20-4)21-11-14(3)25-16-8-6-15(24-5)7-9-16/h6-10,13-14H,11-12H2,1-5H3,(H2,20,21,22). The molecule has 2 rings (SSSR count). The van der Waals surface area contributed by atoms with E-state index in [2.05, 4.69) is 34.6 Å². The number of hydrogen-bond donors (Lipinski definition) is 2. The number of aliphatic imine (C=N–C) groups is 1. The molecule has 0 bridgehead atoms. The summed E-state index contributed by atoms with van der Waals surface area (Å²) in [6.07, 6.45) is -0.0280. The van der Waals surface area contributed by atoms with Gasteiger partial charge in [-0.3, -0.25) is 4.99 Å². The van der Waals surface area contributed by atoms with E-state index >= 15 is 0 Å². The van der Waals surface area contributed by atoms with E-state index in [9.17, 15) is 0 Å². The highest BCUT2D eigenvalue weighted by Gasteiger charge is 2.09. The minimum absolute atomic E-state index is 0.0280. The lowest BCUT2D eigenvalue weighted by Crippen LogP contribution is -2.41. The van der Waals surface area contributed by atoms with Gasteiger partial charge in [-0.2, -0.15) is 0 Å². The molecule has 7 heteroatoms. The minimum Gasteiger partial charge on any atom is -0.497 e. The van der Waals surface area contributed by atoms with Gasteiger partial charge in [-0.25, -0.2) is 0 Å². The van der Waals surface area contributed by atoms with Crippen molar-refractivity contribution in [3.8, 4) is 11.5 Å². The SMILES string of the molecule is CN=C(NCc1cc(C(C)C)no1)NCC(C)Oc1ccc(OC)cc1. The van der Waals surface area contributed by atoms with Crippen molar-refractivity contribution in [1.82, 2.24) is 15.8 Å². The second kappa shape index (κ2) is 9.70. The van der Waals surface area contributed by atoms with Crippen LogP contribution in [-0.4, -0.2) is 37.9 Å². The number of benzene rings is 1. The fourth-order valence-electron chi connectivity index (χ4n) is 2.24. The molecule has 0 spiro atoms. The maximum Gasteiger partial charge on any atom is 0.191 e. The zero-order chi connectivity index (χ0) is 18.9. The van der Waals surface area contributed by atoms with E-state index in [0.29, 0.717) is 25.0 Å². The third-order valence-electron chi connectivity index (χ3n) is 3.78. The highest BCUT2D eigenvalue weighted by Crippen LogP contribution is 2.18. The third kappa shape index (κ3) is 5.98. The van der Waals surface area contributed by atoms with Gasteiger partial charge in [0.2, 0.25) is 0 Å². The van der Waals surface area contributed by atoms with Gasteiger partial charge in [0, 0.05) is 13.1 Å². The topological polar surface area (TPSA) is 80.9 Å². The third-order valence-corrected chi connectivity index (χ3v) is 3.78. The first-order valence-corrected chi connectivity index (χ1v) is 8.72. The number of aromatic nitrogens is 1. The molecule has 1 unspecified atom stereocenters. The average molecular weight is 360 g/mol. The molecule has 142 valence electrons. The summed E-state index contributed by atoms with van der Waals surface area (Å²) in [7, 11) is 3.37. The largest absolute Gasteiger partial charge is 0.497 e. The quantitative estimate of drug-likeness (QED) is 0.556. The van der Waals surface area contributed by atoms with Crippen LogP contribution in [0.5, 0.6) is 11.5 Å². The number of methoxy groups -OCH3 is 1. The van der Waals surface area contributed by atoms with Crippen LogP contribution < -0.4 is 20.1 Å². The molecule has 0 saturated heterocycles. The molecule has 0 aliphatic heterocycles. The van der Waals surface area contributed by atoms with Crippen LogP contribution in [0.1, 0.15) is 38.1 Å². The molecule has 7 nitrogen and oxygen atoms in total. The van der Waals surface area contributed by atoms with Crippen LogP contribution >= 0.6 is 0 Å². The Morgan fingerprint density at radius 2 is 1.85 bits per heavy atom. The Bertz CT molecular complexity index is 695. The predicted molar refractivity (Wildman–Crippen MR) is 102 cm³/mol. The van der Waals surface area contributed by atoms with Gasteiger partial charge in [-0.05, 0) is 37.1 Å². The van der Waals surface area contributed by atoms with Gasteiger partial charge < -0.3 is 24.6 Å². The Labute approximate surface area is 154 Å². The number of rotatable bonds is 8. The molecule has 1 aromatic carbocycles. The summed E-state index contributed by atoms with van der Waals surface area (Å²) < 4.78 is 16.3. The number of hydrogen-bond acceptors (Lipinski definition) is 5. The Morgan fingerprint density at radius 3 is 2.42 bits per heavy atom. The van der Waals surface area contributed by atoms with Crippen LogP contribution in [0.25, 0.3) is 0 Å². The van der Waals surface area contributed by atoms with E-state index in [-0.39, 0.29) is 6.10 Å². The van der Waals surface area contributed by atoms with E-state index in [4.69, 9.17) is 14.0 Å². The molecular formula is C19H28N4O3. The van der Waals surface area contributed by atoms with Crippen LogP contribution in [0.2, 0.25) is 0 Å². The summed E-state index contributed by atoms with van der Waals surface area (Å²) in [6, 6.07) is 9.48. The molecule has 1 atom stereocenters. The van der Waals surface area contributed by atoms with Crippen molar-refractivity contribution in [2.45, 2.75) is 39.3 Å². The van der Waals surface area contributed by atoms with Crippen LogP contribution in [-0.2, 0) is 6.54 Å². The molecule has 0 aliphatic rings. The lowest BCUT2D eigenvalue weighted by atomic mass is 10.1. The van der Waals surface area contributed by atoms with E-state index in [1.807, 2.05) is 37.3 Å². The molecule has 1 heterocycles.